The Labute approximate surface area is 92.9 Å². The third-order valence-corrected chi connectivity index (χ3v) is 5.43. The average molecular weight is 246 g/mol. The Morgan fingerprint density at radius 1 is 1.47 bits per heavy atom. The third kappa shape index (κ3) is 1.54. The van der Waals surface area contributed by atoms with Crippen LogP contribution in [0.1, 0.15) is 0 Å². The number of rotatable bonds is 0. The topological polar surface area (TPSA) is 29.5 Å². The van der Waals surface area contributed by atoms with Crippen LogP contribution in [0.25, 0.3) is 0 Å². The second-order valence-corrected chi connectivity index (χ2v) is 8.17. The van der Waals surface area contributed by atoms with Gasteiger partial charge in [0.1, 0.15) is 11.6 Å². The molecule has 1 aliphatic rings. The maximum atomic E-state index is 13.8. The molecule has 0 atom stereocenters. The number of thiol groups is 1. The van der Waals surface area contributed by atoms with Crippen molar-refractivity contribution in [3.05, 3.63) is 17.7 Å². The molecule has 0 spiro atoms. The van der Waals surface area contributed by atoms with E-state index >= 15 is 0 Å². The van der Waals surface area contributed by atoms with E-state index in [1.807, 2.05) is 0 Å². The van der Waals surface area contributed by atoms with Gasteiger partial charge in [0.2, 0.25) is 8.32 Å². The number of hydrogen-bond donors (Lipinski definition) is 2. The second-order valence-electron chi connectivity index (χ2n) is 3.97. The molecule has 0 saturated heterocycles. The van der Waals surface area contributed by atoms with Gasteiger partial charge in [-0.25, -0.2) is 8.78 Å². The van der Waals surface area contributed by atoms with Crippen LogP contribution in [0, 0.1) is 11.6 Å². The zero-order chi connectivity index (χ0) is 11.4. The lowest BCUT2D eigenvalue weighted by Crippen LogP contribution is -2.46. The fourth-order valence-corrected chi connectivity index (χ4v) is 4.46. The Morgan fingerprint density at radius 3 is 2.67 bits per heavy atom. The highest BCUT2D eigenvalue weighted by Gasteiger charge is 2.45. The van der Waals surface area contributed by atoms with Crippen LogP contribution in [0.15, 0.2) is 11.0 Å². The summed E-state index contributed by atoms with van der Waals surface area (Å²) in [6, 6.07) is 1.09. The fourth-order valence-electron chi connectivity index (χ4n) is 1.84. The molecule has 15 heavy (non-hydrogen) atoms. The van der Waals surface area contributed by atoms with Gasteiger partial charge in [-0.1, -0.05) is 0 Å². The number of halogens is 2. The van der Waals surface area contributed by atoms with Crippen molar-refractivity contribution in [1.82, 2.24) is 0 Å². The number of benzene rings is 1. The Morgan fingerprint density at radius 2 is 2.07 bits per heavy atom. The summed E-state index contributed by atoms with van der Waals surface area (Å²) in [6.07, 6.45) is 0. The molecule has 0 aromatic heterocycles. The molecule has 80 valence electrons. The van der Waals surface area contributed by atoms with E-state index < -0.39 is 27.1 Å². The van der Waals surface area contributed by atoms with Gasteiger partial charge in [-0.2, -0.15) is 0 Å². The maximum absolute atomic E-state index is 13.8. The molecule has 2 nitrogen and oxygen atoms in total. The molecule has 1 aromatic carbocycles. The Hall–Kier alpha value is -0.368. The zero-order valence-corrected chi connectivity index (χ0v) is 10.1. The van der Waals surface area contributed by atoms with Crippen LogP contribution < -0.4 is 10.6 Å². The van der Waals surface area contributed by atoms with Crippen LogP contribution in [-0.4, -0.2) is 20.5 Å². The standard InChI is InChI=1S/C8H9BF2O2SSi/c1-15(2)8-4(9(12)13-15)3-5(10)7(14)6(8)11/h3,12,14H,1-2H3. The molecule has 0 bridgehead atoms. The summed E-state index contributed by atoms with van der Waals surface area (Å²) in [5.41, 5.74) is 0.194. The molecule has 1 heterocycles. The highest BCUT2D eigenvalue weighted by Crippen LogP contribution is 2.21. The predicted molar refractivity (Wildman–Crippen MR) is 59.4 cm³/mol. The van der Waals surface area contributed by atoms with E-state index in [0.717, 1.165) is 6.07 Å². The molecule has 1 N–H and O–H groups in total. The Kier molecular flexibility index (Phi) is 2.46. The SMILES string of the molecule is C[Si]1(C)OB(O)c2cc(F)c(S)c(F)c21. The minimum Gasteiger partial charge on any atom is -0.446 e. The number of hydrogen-bond acceptors (Lipinski definition) is 3. The molecular weight excluding hydrogens is 237 g/mol. The highest BCUT2D eigenvalue weighted by atomic mass is 32.1. The first-order valence-corrected chi connectivity index (χ1v) is 7.77. The summed E-state index contributed by atoms with van der Waals surface area (Å²) in [6.45, 7) is 3.49. The lowest BCUT2D eigenvalue weighted by Gasteiger charge is -2.17. The molecule has 0 fully saturated rings. The summed E-state index contributed by atoms with van der Waals surface area (Å²) >= 11 is 3.75. The van der Waals surface area contributed by atoms with Crippen LogP contribution in [0.3, 0.4) is 0 Å². The second kappa shape index (κ2) is 3.31. The largest absolute Gasteiger partial charge is 0.480 e. The summed E-state index contributed by atoms with van der Waals surface area (Å²) in [4.78, 5) is -0.313. The van der Waals surface area contributed by atoms with E-state index in [-0.39, 0.29) is 10.4 Å². The van der Waals surface area contributed by atoms with Gasteiger partial charge >= 0.3 is 7.12 Å². The van der Waals surface area contributed by atoms with E-state index in [1.54, 1.807) is 13.1 Å². The number of fused-ring (bicyclic) bond motifs is 1. The molecule has 2 rings (SSSR count). The van der Waals surface area contributed by atoms with Crippen molar-refractivity contribution >= 4 is 38.7 Å². The smallest absolute Gasteiger partial charge is 0.446 e. The molecule has 1 aliphatic heterocycles. The molecule has 0 amide bonds. The van der Waals surface area contributed by atoms with E-state index in [2.05, 4.69) is 12.6 Å². The van der Waals surface area contributed by atoms with E-state index in [1.165, 1.54) is 0 Å². The van der Waals surface area contributed by atoms with Gasteiger partial charge in [0.05, 0.1) is 4.90 Å². The van der Waals surface area contributed by atoms with Crippen molar-refractivity contribution in [3.63, 3.8) is 0 Å². The van der Waals surface area contributed by atoms with Gasteiger partial charge < -0.3 is 9.37 Å². The predicted octanol–water partition coefficient (Wildman–Crippen LogP) is 0.383. The fraction of sp³-hybridized carbons (Fsp3) is 0.250. The summed E-state index contributed by atoms with van der Waals surface area (Å²) in [5.74, 6) is -1.48. The normalized spacial score (nSPS) is 18.1. The van der Waals surface area contributed by atoms with Gasteiger partial charge in [-0.05, 0) is 24.6 Å². The van der Waals surface area contributed by atoms with E-state index in [0.29, 0.717) is 5.19 Å². The first kappa shape index (κ1) is 11.1. The van der Waals surface area contributed by atoms with Gasteiger partial charge in [0.25, 0.3) is 0 Å². The maximum Gasteiger partial charge on any atom is 0.480 e. The van der Waals surface area contributed by atoms with Gasteiger partial charge in [-0.3, -0.25) is 0 Å². The molecule has 0 radical (unpaired) electrons. The van der Waals surface area contributed by atoms with E-state index in [9.17, 15) is 13.8 Å². The molecule has 0 aliphatic carbocycles. The quantitative estimate of drug-likeness (QED) is 0.512. The minimum atomic E-state index is -2.46. The monoisotopic (exact) mass is 246 g/mol. The highest BCUT2D eigenvalue weighted by molar-refractivity contribution is 7.80. The van der Waals surface area contributed by atoms with E-state index in [4.69, 9.17) is 4.34 Å². The zero-order valence-electron chi connectivity index (χ0n) is 8.21. The van der Waals surface area contributed by atoms with Crippen molar-refractivity contribution in [3.8, 4) is 0 Å². The first-order chi connectivity index (χ1) is 6.84. The minimum absolute atomic E-state index is 0.194. The summed E-state index contributed by atoms with van der Waals surface area (Å²) < 4.78 is 32.2. The average Bonchev–Trinajstić information content (AvgIpc) is 2.33. The van der Waals surface area contributed by atoms with Crippen molar-refractivity contribution in [2.45, 2.75) is 18.0 Å². The summed E-state index contributed by atoms with van der Waals surface area (Å²) in [7, 11) is -3.69. The van der Waals surface area contributed by atoms with Gasteiger partial charge in [-0.15, -0.1) is 12.6 Å². The van der Waals surface area contributed by atoms with Gasteiger partial charge in [0, 0.05) is 5.19 Å². The van der Waals surface area contributed by atoms with Crippen molar-refractivity contribution in [2.24, 2.45) is 0 Å². The van der Waals surface area contributed by atoms with Crippen LogP contribution >= 0.6 is 12.6 Å². The molecule has 7 heteroatoms. The van der Waals surface area contributed by atoms with Crippen LogP contribution in [0.4, 0.5) is 8.78 Å². The Bertz CT molecular complexity index is 441. The molecule has 0 unspecified atom stereocenters. The van der Waals surface area contributed by atoms with Crippen molar-refractivity contribution in [1.29, 1.82) is 0 Å². The molecular formula is C8H9BF2O2SSi. The van der Waals surface area contributed by atoms with Crippen molar-refractivity contribution < 1.29 is 18.1 Å². The molecule has 0 saturated carbocycles. The van der Waals surface area contributed by atoms with Crippen LogP contribution in [0.2, 0.25) is 13.1 Å². The van der Waals surface area contributed by atoms with Crippen LogP contribution in [0.5, 0.6) is 0 Å². The Balaban J connectivity index is 2.76. The molecule has 1 aromatic rings. The first-order valence-electron chi connectivity index (χ1n) is 4.42. The lowest BCUT2D eigenvalue weighted by atomic mass is 9.80. The van der Waals surface area contributed by atoms with Crippen molar-refractivity contribution in [2.75, 3.05) is 0 Å². The lowest BCUT2D eigenvalue weighted by molar-refractivity contribution is 0.440. The summed E-state index contributed by atoms with van der Waals surface area (Å²) in [5, 5.41) is 9.82. The third-order valence-electron chi connectivity index (χ3n) is 2.50. The van der Waals surface area contributed by atoms with Crippen LogP contribution in [-0.2, 0) is 4.34 Å². The van der Waals surface area contributed by atoms with Gasteiger partial charge in [0.15, 0.2) is 0 Å².